The molecule has 0 aromatic carbocycles. The predicted octanol–water partition coefficient (Wildman–Crippen LogP) is 2.62. The van der Waals surface area contributed by atoms with E-state index in [1.165, 1.54) is 25.7 Å². The minimum Gasteiger partial charge on any atom is -0.311 e. The number of hydrogen-bond acceptors (Lipinski definition) is 2. The molecule has 0 unspecified atom stereocenters. The second-order valence-electron chi connectivity index (χ2n) is 4.39. The lowest BCUT2D eigenvalue weighted by atomic mass is 10.1. The molecule has 1 heterocycles. The van der Waals surface area contributed by atoms with E-state index >= 15 is 0 Å². The molecule has 1 aliphatic carbocycles. The van der Waals surface area contributed by atoms with Crippen LogP contribution in [0.1, 0.15) is 50.1 Å². The first kappa shape index (κ1) is 10.9. The van der Waals surface area contributed by atoms with Crippen LogP contribution in [-0.2, 0) is 0 Å². The van der Waals surface area contributed by atoms with E-state index in [1.807, 2.05) is 12.3 Å². The number of aromatic nitrogens is 1. The third-order valence-electron chi connectivity index (χ3n) is 3.31. The van der Waals surface area contributed by atoms with Crippen molar-refractivity contribution in [2.45, 2.75) is 44.6 Å². The van der Waals surface area contributed by atoms with Crippen molar-refractivity contribution in [3.8, 4) is 6.07 Å². The van der Waals surface area contributed by atoms with Crippen LogP contribution < -0.4 is 5.56 Å². The van der Waals surface area contributed by atoms with Crippen molar-refractivity contribution in [2.75, 3.05) is 0 Å². The van der Waals surface area contributed by atoms with Crippen LogP contribution >= 0.6 is 0 Å². The Morgan fingerprint density at radius 1 is 1.25 bits per heavy atom. The van der Waals surface area contributed by atoms with Crippen LogP contribution in [0.4, 0.5) is 0 Å². The van der Waals surface area contributed by atoms with Gasteiger partial charge in [-0.2, -0.15) is 5.26 Å². The van der Waals surface area contributed by atoms with Crippen LogP contribution in [0.15, 0.2) is 23.1 Å². The van der Waals surface area contributed by atoms with Crippen LogP contribution in [0.3, 0.4) is 0 Å². The monoisotopic (exact) mass is 216 g/mol. The van der Waals surface area contributed by atoms with Gasteiger partial charge in [-0.25, -0.2) is 0 Å². The predicted molar refractivity (Wildman–Crippen MR) is 62.2 cm³/mol. The van der Waals surface area contributed by atoms with Gasteiger partial charge in [-0.3, -0.25) is 4.79 Å². The highest BCUT2D eigenvalue weighted by atomic mass is 16.1. The van der Waals surface area contributed by atoms with E-state index in [0.717, 1.165) is 12.8 Å². The molecule has 1 aromatic rings. The third kappa shape index (κ3) is 2.16. The van der Waals surface area contributed by atoms with Crippen molar-refractivity contribution in [3.05, 3.63) is 34.2 Å². The normalized spacial score (nSPS) is 17.7. The Kier molecular flexibility index (Phi) is 3.40. The van der Waals surface area contributed by atoms with Gasteiger partial charge in [0.2, 0.25) is 0 Å². The molecule has 3 heteroatoms. The van der Waals surface area contributed by atoms with Gasteiger partial charge in [-0.15, -0.1) is 0 Å². The Labute approximate surface area is 95.3 Å². The second kappa shape index (κ2) is 4.98. The topological polar surface area (TPSA) is 45.8 Å². The Balaban J connectivity index is 2.32. The quantitative estimate of drug-likeness (QED) is 0.677. The van der Waals surface area contributed by atoms with Crippen molar-refractivity contribution < 1.29 is 0 Å². The molecular weight excluding hydrogens is 200 g/mol. The molecule has 16 heavy (non-hydrogen) atoms. The van der Waals surface area contributed by atoms with Crippen molar-refractivity contribution in [1.82, 2.24) is 4.57 Å². The number of rotatable bonds is 1. The molecule has 1 aromatic heterocycles. The lowest BCUT2D eigenvalue weighted by Crippen LogP contribution is -2.25. The summed E-state index contributed by atoms with van der Waals surface area (Å²) >= 11 is 0. The summed E-state index contributed by atoms with van der Waals surface area (Å²) in [7, 11) is 0. The van der Waals surface area contributed by atoms with Gasteiger partial charge >= 0.3 is 0 Å². The lowest BCUT2D eigenvalue weighted by Gasteiger charge is -2.17. The van der Waals surface area contributed by atoms with Crippen LogP contribution in [0.5, 0.6) is 0 Å². The number of nitriles is 1. The third-order valence-corrected chi connectivity index (χ3v) is 3.31. The summed E-state index contributed by atoms with van der Waals surface area (Å²) in [6.45, 7) is 0. The van der Waals surface area contributed by atoms with Gasteiger partial charge in [-0.05, 0) is 25.0 Å². The average Bonchev–Trinajstić information content (AvgIpc) is 2.58. The number of nitrogens with zero attached hydrogens (tertiary/aromatic N) is 2. The van der Waals surface area contributed by atoms with Crippen molar-refractivity contribution in [3.63, 3.8) is 0 Å². The van der Waals surface area contributed by atoms with E-state index in [0.29, 0.717) is 6.04 Å². The van der Waals surface area contributed by atoms with E-state index < -0.39 is 0 Å². The molecule has 1 fully saturated rings. The lowest BCUT2D eigenvalue weighted by molar-refractivity contribution is 0.431. The summed E-state index contributed by atoms with van der Waals surface area (Å²) in [5.74, 6) is 0. The fourth-order valence-corrected chi connectivity index (χ4v) is 2.42. The second-order valence-corrected chi connectivity index (χ2v) is 4.39. The average molecular weight is 216 g/mol. The largest absolute Gasteiger partial charge is 0.311 e. The van der Waals surface area contributed by atoms with Gasteiger partial charge in [0.15, 0.2) is 0 Å². The zero-order valence-corrected chi connectivity index (χ0v) is 9.35. The molecule has 84 valence electrons. The van der Waals surface area contributed by atoms with Gasteiger partial charge in [0, 0.05) is 12.2 Å². The van der Waals surface area contributed by atoms with Crippen molar-refractivity contribution >= 4 is 0 Å². The molecule has 0 amide bonds. The molecule has 0 N–H and O–H groups in total. The van der Waals surface area contributed by atoms with Crippen molar-refractivity contribution in [1.29, 1.82) is 5.26 Å². The van der Waals surface area contributed by atoms with Gasteiger partial charge in [0.25, 0.3) is 5.56 Å². The molecule has 0 atom stereocenters. The summed E-state index contributed by atoms with van der Waals surface area (Å²) in [6, 6.07) is 5.64. The standard InChI is InChI=1S/C13H16N2O/c14-10-11-6-5-9-15(13(11)16)12-7-3-1-2-4-8-12/h5-6,9,12H,1-4,7-8H2. The van der Waals surface area contributed by atoms with Gasteiger partial charge in [0.1, 0.15) is 11.6 Å². The molecule has 0 bridgehead atoms. The fraction of sp³-hybridized carbons (Fsp3) is 0.538. The van der Waals surface area contributed by atoms with E-state index in [9.17, 15) is 4.79 Å². The molecular formula is C13H16N2O. The zero-order valence-electron chi connectivity index (χ0n) is 9.35. The molecule has 0 radical (unpaired) electrons. The Morgan fingerprint density at radius 2 is 1.94 bits per heavy atom. The minimum atomic E-state index is -0.128. The summed E-state index contributed by atoms with van der Waals surface area (Å²) in [4.78, 5) is 12.0. The van der Waals surface area contributed by atoms with Crippen LogP contribution in [0.2, 0.25) is 0 Å². The Morgan fingerprint density at radius 3 is 2.56 bits per heavy atom. The fourth-order valence-electron chi connectivity index (χ4n) is 2.42. The highest BCUT2D eigenvalue weighted by Gasteiger charge is 2.15. The van der Waals surface area contributed by atoms with E-state index in [4.69, 9.17) is 5.26 Å². The highest BCUT2D eigenvalue weighted by Crippen LogP contribution is 2.25. The molecule has 0 spiro atoms. The first-order valence-electron chi connectivity index (χ1n) is 5.94. The van der Waals surface area contributed by atoms with Crippen LogP contribution in [0.25, 0.3) is 0 Å². The van der Waals surface area contributed by atoms with Crippen LogP contribution in [-0.4, -0.2) is 4.57 Å². The number of pyridine rings is 1. The van der Waals surface area contributed by atoms with Gasteiger partial charge in [-0.1, -0.05) is 25.7 Å². The summed E-state index contributed by atoms with van der Waals surface area (Å²) in [6.07, 6.45) is 8.86. The summed E-state index contributed by atoms with van der Waals surface area (Å²) in [5, 5.41) is 8.83. The van der Waals surface area contributed by atoms with E-state index in [2.05, 4.69) is 0 Å². The SMILES string of the molecule is N#Cc1cccn(C2CCCCCC2)c1=O. The first-order valence-corrected chi connectivity index (χ1v) is 5.94. The Hall–Kier alpha value is -1.56. The van der Waals surface area contributed by atoms with Gasteiger partial charge < -0.3 is 4.57 Å². The van der Waals surface area contributed by atoms with E-state index in [-0.39, 0.29) is 11.1 Å². The minimum absolute atomic E-state index is 0.128. The van der Waals surface area contributed by atoms with Crippen LogP contribution in [0, 0.1) is 11.3 Å². The zero-order chi connectivity index (χ0) is 11.4. The molecule has 0 saturated heterocycles. The molecule has 2 rings (SSSR count). The maximum Gasteiger partial charge on any atom is 0.268 e. The maximum atomic E-state index is 12.0. The summed E-state index contributed by atoms with van der Waals surface area (Å²) in [5.41, 5.74) is 0.128. The number of hydrogen-bond donors (Lipinski definition) is 0. The molecule has 0 aliphatic heterocycles. The molecule has 1 aliphatic rings. The summed E-state index contributed by atoms with van der Waals surface area (Å²) < 4.78 is 1.75. The van der Waals surface area contributed by atoms with Gasteiger partial charge in [0.05, 0.1) is 0 Å². The maximum absolute atomic E-state index is 12.0. The Bertz CT molecular complexity index is 448. The van der Waals surface area contributed by atoms with E-state index in [1.54, 1.807) is 16.7 Å². The molecule has 3 nitrogen and oxygen atoms in total. The highest BCUT2D eigenvalue weighted by molar-refractivity contribution is 5.25. The molecule has 1 saturated carbocycles. The smallest absolute Gasteiger partial charge is 0.268 e. The first-order chi connectivity index (χ1) is 7.83. The van der Waals surface area contributed by atoms with Crippen molar-refractivity contribution in [2.24, 2.45) is 0 Å².